The van der Waals surface area contributed by atoms with Crippen LogP contribution < -0.4 is 16.2 Å². The quantitative estimate of drug-likeness (QED) is 0.653. The van der Waals surface area contributed by atoms with Crippen molar-refractivity contribution in [3.8, 4) is 0 Å². The summed E-state index contributed by atoms with van der Waals surface area (Å²) in [6.07, 6.45) is 1.41. The summed E-state index contributed by atoms with van der Waals surface area (Å²) in [5.41, 5.74) is 1.15. The van der Waals surface area contributed by atoms with Crippen molar-refractivity contribution in [2.45, 2.75) is 25.4 Å². The van der Waals surface area contributed by atoms with Crippen LogP contribution in [0.25, 0.3) is 10.9 Å². The fourth-order valence-corrected chi connectivity index (χ4v) is 4.02. The van der Waals surface area contributed by atoms with Crippen LogP contribution in [0.4, 0.5) is 11.4 Å². The Morgan fingerprint density at radius 1 is 1.16 bits per heavy atom. The van der Waals surface area contributed by atoms with E-state index in [0.29, 0.717) is 40.8 Å². The van der Waals surface area contributed by atoms with E-state index < -0.39 is 17.5 Å². The molecule has 1 fully saturated rings. The minimum absolute atomic E-state index is 0.198. The van der Waals surface area contributed by atoms with Crippen molar-refractivity contribution in [2.24, 2.45) is 0 Å². The van der Waals surface area contributed by atoms with Gasteiger partial charge in [0.25, 0.3) is 11.5 Å². The molecule has 1 saturated heterocycles. The van der Waals surface area contributed by atoms with Crippen molar-refractivity contribution in [3.05, 3.63) is 58.4 Å². The molecule has 3 amide bonds. The maximum absolute atomic E-state index is 12.9. The number of nitrogens with zero attached hydrogens (tertiary/aromatic N) is 4. The molecule has 0 saturated carbocycles. The van der Waals surface area contributed by atoms with E-state index in [1.54, 1.807) is 41.3 Å². The number of hydrogen-bond acceptors (Lipinski definition) is 6. The second-order valence-corrected chi connectivity index (χ2v) is 7.52. The molecule has 156 valence electrons. The second kappa shape index (κ2) is 7.31. The summed E-state index contributed by atoms with van der Waals surface area (Å²) in [4.78, 5) is 51.9. The molecule has 3 aromatic rings. The number of hydrogen-bond donors (Lipinski definition) is 2. The molecule has 3 heterocycles. The lowest BCUT2D eigenvalue weighted by Gasteiger charge is -2.20. The molecule has 0 spiro atoms. The van der Waals surface area contributed by atoms with Gasteiger partial charge in [0.05, 0.1) is 16.6 Å². The van der Waals surface area contributed by atoms with Crippen LogP contribution in [0, 0.1) is 0 Å². The van der Waals surface area contributed by atoms with Crippen molar-refractivity contribution in [2.75, 3.05) is 17.2 Å². The largest absolute Gasteiger partial charge is 0.327 e. The summed E-state index contributed by atoms with van der Waals surface area (Å²) in [7, 11) is 0. The SMILES string of the molecule is O=C(Cn1nnc2ccccc2c1=O)Nc1ccc2c(c1)C(=O)N1CCCC1C(=O)N2. The molecule has 2 aliphatic rings. The van der Waals surface area contributed by atoms with E-state index in [9.17, 15) is 19.2 Å². The summed E-state index contributed by atoms with van der Waals surface area (Å²) in [6, 6.07) is 11.0. The van der Waals surface area contributed by atoms with Crippen molar-refractivity contribution >= 4 is 40.0 Å². The Hall–Kier alpha value is -4.08. The highest BCUT2D eigenvalue weighted by atomic mass is 16.2. The minimum atomic E-state index is -0.490. The van der Waals surface area contributed by atoms with Gasteiger partial charge < -0.3 is 15.5 Å². The Labute approximate surface area is 175 Å². The van der Waals surface area contributed by atoms with Gasteiger partial charge in [0.2, 0.25) is 11.8 Å². The number of rotatable bonds is 3. The number of carbonyl (C=O) groups is 3. The van der Waals surface area contributed by atoms with E-state index >= 15 is 0 Å². The maximum Gasteiger partial charge on any atom is 0.278 e. The first-order valence-electron chi connectivity index (χ1n) is 9.89. The van der Waals surface area contributed by atoms with Crippen LogP contribution in [-0.4, -0.2) is 50.2 Å². The number of aromatic nitrogens is 3. The summed E-state index contributed by atoms with van der Waals surface area (Å²) in [5.74, 6) is -0.935. The lowest BCUT2D eigenvalue weighted by Crippen LogP contribution is -2.40. The smallest absolute Gasteiger partial charge is 0.278 e. The van der Waals surface area contributed by atoms with Gasteiger partial charge in [-0.05, 0) is 43.2 Å². The average Bonchev–Trinajstić information content (AvgIpc) is 3.23. The van der Waals surface area contributed by atoms with Gasteiger partial charge in [0, 0.05) is 12.2 Å². The summed E-state index contributed by atoms with van der Waals surface area (Å²) >= 11 is 0. The lowest BCUT2D eigenvalue weighted by atomic mass is 10.1. The highest BCUT2D eigenvalue weighted by Gasteiger charge is 2.38. The molecule has 1 atom stereocenters. The van der Waals surface area contributed by atoms with E-state index in [-0.39, 0.29) is 18.4 Å². The number of amides is 3. The van der Waals surface area contributed by atoms with Gasteiger partial charge in [-0.1, -0.05) is 17.3 Å². The molecule has 2 aliphatic heterocycles. The van der Waals surface area contributed by atoms with Crippen LogP contribution in [-0.2, 0) is 16.1 Å². The maximum atomic E-state index is 12.9. The van der Waals surface area contributed by atoms with Gasteiger partial charge in [0.15, 0.2) is 0 Å². The highest BCUT2D eigenvalue weighted by molar-refractivity contribution is 6.11. The molecule has 5 rings (SSSR count). The third-order valence-corrected chi connectivity index (χ3v) is 5.53. The van der Waals surface area contributed by atoms with Gasteiger partial charge >= 0.3 is 0 Å². The molecule has 1 aromatic heterocycles. The van der Waals surface area contributed by atoms with Gasteiger partial charge in [-0.2, -0.15) is 0 Å². The second-order valence-electron chi connectivity index (χ2n) is 7.52. The van der Waals surface area contributed by atoms with Crippen LogP contribution in [0.15, 0.2) is 47.3 Å². The number of anilines is 2. The Morgan fingerprint density at radius 3 is 2.87 bits per heavy atom. The van der Waals surface area contributed by atoms with E-state index in [4.69, 9.17) is 0 Å². The topological polar surface area (TPSA) is 126 Å². The highest BCUT2D eigenvalue weighted by Crippen LogP contribution is 2.30. The first-order valence-corrected chi connectivity index (χ1v) is 9.89. The van der Waals surface area contributed by atoms with Crippen molar-refractivity contribution in [3.63, 3.8) is 0 Å². The zero-order valence-electron chi connectivity index (χ0n) is 16.4. The monoisotopic (exact) mass is 418 g/mol. The molecule has 10 nitrogen and oxygen atoms in total. The predicted octanol–water partition coefficient (Wildman–Crippen LogP) is 0.987. The van der Waals surface area contributed by atoms with Gasteiger partial charge in [-0.15, -0.1) is 5.10 Å². The Balaban J connectivity index is 1.38. The molecule has 2 N–H and O–H groups in total. The molecule has 1 unspecified atom stereocenters. The molecule has 10 heteroatoms. The van der Waals surface area contributed by atoms with Crippen molar-refractivity contribution < 1.29 is 14.4 Å². The molecular formula is C21H18N6O4. The fourth-order valence-electron chi connectivity index (χ4n) is 4.02. The molecular weight excluding hydrogens is 400 g/mol. The summed E-state index contributed by atoms with van der Waals surface area (Å²) < 4.78 is 0.987. The minimum Gasteiger partial charge on any atom is -0.327 e. The van der Waals surface area contributed by atoms with Gasteiger partial charge in [-0.3, -0.25) is 19.2 Å². The third-order valence-electron chi connectivity index (χ3n) is 5.53. The summed E-state index contributed by atoms with van der Waals surface area (Å²) in [5, 5.41) is 13.6. The third kappa shape index (κ3) is 3.31. The summed E-state index contributed by atoms with van der Waals surface area (Å²) in [6.45, 7) is 0.198. The Kier molecular flexibility index (Phi) is 4.46. The standard InChI is InChI=1S/C21H18N6O4/c28-18(11-27-21(31)13-4-1-2-5-16(13)24-25-27)22-12-7-8-15-14(10-12)20(30)26-9-3-6-17(26)19(29)23-15/h1-2,4-5,7-8,10,17H,3,6,9,11H2,(H,22,28)(H,23,29). The first kappa shape index (κ1) is 18.9. The normalized spacial score (nSPS) is 17.7. The van der Waals surface area contributed by atoms with Gasteiger partial charge in [-0.25, -0.2) is 4.68 Å². The van der Waals surface area contributed by atoms with E-state index in [1.165, 1.54) is 6.07 Å². The number of fused-ring (bicyclic) bond motifs is 3. The van der Waals surface area contributed by atoms with Crippen LogP contribution in [0.1, 0.15) is 23.2 Å². The van der Waals surface area contributed by atoms with Crippen LogP contribution >= 0.6 is 0 Å². The van der Waals surface area contributed by atoms with Crippen molar-refractivity contribution in [1.29, 1.82) is 0 Å². The van der Waals surface area contributed by atoms with E-state index in [1.807, 2.05) is 0 Å². The molecule has 2 aromatic carbocycles. The van der Waals surface area contributed by atoms with Crippen LogP contribution in [0.5, 0.6) is 0 Å². The first-order chi connectivity index (χ1) is 15.0. The molecule has 31 heavy (non-hydrogen) atoms. The Morgan fingerprint density at radius 2 is 2.00 bits per heavy atom. The van der Waals surface area contributed by atoms with Crippen molar-refractivity contribution in [1.82, 2.24) is 19.9 Å². The number of carbonyl (C=O) groups excluding carboxylic acids is 3. The fraction of sp³-hybridized carbons (Fsp3) is 0.238. The van der Waals surface area contributed by atoms with Crippen LogP contribution in [0.2, 0.25) is 0 Å². The van der Waals surface area contributed by atoms with E-state index in [0.717, 1.165) is 11.1 Å². The molecule has 0 radical (unpaired) electrons. The van der Waals surface area contributed by atoms with E-state index in [2.05, 4.69) is 20.9 Å². The average molecular weight is 418 g/mol. The number of nitrogens with one attached hydrogen (secondary N) is 2. The van der Waals surface area contributed by atoms with Gasteiger partial charge in [0.1, 0.15) is 18.1 Å². The zero-order chi connectivity index (χ0) is 21.5. The lowest BCUT2D eigenvalue weighted by molar-refractivity contribution is -0.119. The predicted molar refractivity (Wildman–Crippen MR) is 112 cm³/mol. The zero-order valence-corrected chi connectivity index (χ0v) is 16.4. The molecule has 0 aliphatic carbocycles. The van der Waals surface area contributed by atoms with Crippen LogP contribution in [0.3, 0.4) is 0 Å². The Bertz CT molecular complexity index is 1300. The molecule has 0 bridgehead atoms. The number of benzene rings is 2.